The first-order valence-corrected chi connectivity index (χ1v) is 6.14. The van der Waals surface area contributed by atoms with Gasteiger partial charge in [0.1, 0.15) is 5.69 Å². The van der Waals surface area contributed by atoms with Crippen LogP contribution in [0.15, 0.2) is 49.4 Å². The lowest BCUT2D eigenvalue weighted by atomic mass is 10.3. The van der Waals surface area contributed by atoms with Crippen molar-refractivity contribution in [3.8, 4) is 0 Å². The Kier molecular flexibility index (Phi) is 4.77. The Morgan fingerprint density at radius 1 is 1.35 bits per heavy atom. The molecule has 0 saturated heterocycles. The summed E-state index contributed by atoms with van der Waals surface area (Å²) >= 11 is 0. The second kappa shape index (κ2) is 6.98. The van der Waals surface area contributed by atoms with E-state index in [1.807, 2.05) is 12.1 Å². The zero-order valence-electron chi connectivity index (χ0n) is 10.9. The zero-order chi connectivity index (χ0) is 14.2. The molecule has 0 radical (unpaired) electrons. The van der Waals surface area contributed by atoms with E-state index in [1.54, 1.807) is 24.5 Å². The number of rotatable bonds is 6. The SMILES string of the molecule is C=CCNc1nccc(C(=O)NCc2cccnc2)n1. The number of hydrogen-bond acceptors (Lipinski definition) is 5. The van der Waals surface area contributed by atoms with E-state index in [1.165, 1.54) is 6.20 Å². The average Bonchev–Trinajstić information content (AvgIpc) is 2.52. The van der Waals surface area contributed by atoms with Crippen LogP contribution in [-0.4, -0.2) is 27.4 Å². The minimum Gasteiger partial charge on any atom is -0.351 e. The third-order valence-electron chi connectivity index (χ3n) is 2.47. The highest BCUT2D eigenvalue weighted by atomic mass is 16.1. The van der Waals surface area contributed by atoms with Gasteiger partial charge in [-0.2, -0.15) is 0 Å². The second-order valence-electron chi connectivity index (χ2n) is 3.98. The van der Waals surface area contributed by atoms with Crippen LogP contribution in [0.4, 0.5) is 5.95 Å². The fraction of sp³-hybridized carbons (Fsp3) is 0.143. The first-order valence-electron chi connectivity index (χ1n) is 6.14. The number of carbonyl (C=O) groups excluding carboxylic acids is 1. The van der Waals surface area contributed by atoms with Gasteiger partial charge in [0.05, 0.1) is 0 Å². The van der Waals surface area contributed by atoms with E-state index in [9.17, 15) is 4.79 Å². The summed E-state index contributed by atoms with van der Waals surface area (Å²) in [6.45, 7) is 4.54. The first kappa shape index (κ1) is 13.7. The summed E-state index contributed by atoms with van der Waals surface area (Å²) in [5.74, 6) is 0.150. The molecule has 0 spiro atoms. The van der Waals surface area contributed by atoms with Gasteiger partial charge in [0, 0.05) is 31.7 Å². The molecule has 0 atom stereocenters. The standard InChI is InChI=1S/C14H15N5O/c1-2-6-16-14-17-8-5-12(19-14)13(20)18-10-11-4-3-7-15-9-11/h2-5,7-9H,1,6,10H2,(H,18,20)(H,16,17,19). The minimum absolute atomic E-state index is 0.252. The maximum absolute atomic E-state index is 12.0. The summed E-state index contributed by atoms with van der Waals surface area (Å²) in [6, 6.07) is 5.28. The second-order valence-corrected chi connectivity index (χ2v) is 3.98. The molecule has 1 amide bonds. The van der Waals surface area contributed by atoms with E-state index < -0.39 is 0 Å². The van der Waals surface area contributed by atoms with Gasteiger partial charge in [-0.15, -0.1) is 6.58 Å². The summed E-state index contributed by atoms with van der Waals surface area (Å²) in [7, 11) is 0. The van der Waals surface area contributed by atoms with Crippen molar-refractivity contribution in [2.75, 3.05) is 11.9 Å². The van der Waals surface area contributed by atoms with Crippen LogP contribution in [0, 0.1) is 0 Å². The minimum atomic E-state index is -0.252. The number of aromatic nitrogens is 3. The molecular formula is C14H15N5O. The van der Waals surface area contributed by atoms with E-state index >= 15 is 0 Å². The fourth-order valence-electron chi connectivity index (χ4n) is 1.51. The summed E-state index contributed by atoms with van der Waals surface area (Å²) < 4.78 is 0. The molecule has 2 aromatic rings. The van der Waals surface area contributed by atoms with E-state index in [-0.39, 0.29) is 5.91 Å². The van der Waals surface area contributed by atoms with E-state index in [0.29, 0.717) is 24.7 Å². The average molecular weight is 269 g/mol. The molecule has 6 nitrogen and oxygen atoms in total. The van der Waals surface area contributed by atoms with Crippen molar-refractivity contribution in [3.63, 3.8) is 0 Å². The zero-order valence-corrected chi connectivity index (χ0v) is 10.9. The molecule has 0 aliphatic carbocycles. The van der Waals surface area contributed by atoms with Gasteiger partial charge in [0.2, 0.25) is 5.95 Å². The summed E-state index contributed by atoms with van der Waals surface area (Å²) in [5.41, 5.74) is 1.25. The number of hydrogen-bond donors (Lipinski definition) is 2. The summed E-state index contributed by atoms with van der Waals surface area (Å²) in [4.78, 5) is 24.1. The molecule has 2 rings (SSSR count). The molecule has 0 saturated carbocycles. The van der Waals surface area contributed by atoms with Gasteiger partial charge < -0.3 is 10.6 Å². The number of pyridine rings is 1. The predicted octanol–water partition coefficient (Wildman–Crippen LogP) is 1.40. The Hall–Kier alpha value is -2.76. The molecule has 0 aliphatic heterocycles. The molecule has 20 heavy (non-hydrogen) atoms. The van der Waals surface area contributed by atoms with Gasteiger partial charge >= 0.3 is 0 Å². The van der Waals surface area contributed by atoms with Gasteiger partial charge in [-0.25, -0.2) is 9.97 Å². The van der Waals surface area contributed by atoms with Crippen LogP contribution in [0.1, 0.15) is 16.1 Å². The summed E-state index contributed by atoms with van der Waals surface area (Å²) in [5, 5.41) is 5.71. The first-order chi connectivity index (χ1) is 9.79. The molecule has 2 aromatic heterocycles. The molecule has 0 bridgehead atoms. The van der Waals surface area contributed by atoms with Crippen molar-refractivity contribution >= 4 is 11.9 Å². The van der Waals surface area contributed by atoms with Gasteiger partial charge in [-0.05, 0) is 17.7 Å². The van der Waals surface area contributed by atoms with Crippen molar-refractivity contribution in [1.82, 2.24) is 20.3 Å². The highest BCUT2D eigenvalue weighted by molar-refractivity contribution is 5.92. The van der Waals surface area contributed by atoms with Crippen LogP contribution in [-0.2, 0) is 6.54 Å². The van der Waals surface area contributed by atoms with Crippen LogP contribution in [0.2, 0.25) is 0 Å². The predicted molar refractivity (Wildman–Crippen MR) is 76.1 cm³/mol. The Bertz CT molecular complexity index is 585. The summed E-state index contributed by atoms with van der Waals surface area (Å²) in [6.07, 6.45) is 6.63. The van der Waals surface area contributed by atoms with Gasteiger partial charge in [0.25, 0.3) is 5.91 Å². The molecule has 0 unspecified atom stereocenters. The molecule has 2 heterocycles. The lowest BCUT2D eigenvalue weighted by Crippen LogP contribution is -2.24. The van der Waals surface area contributed by atoms with Crippen molar-refractivity contribution in [1.29, 1.82) is 0 Å². The van der Waals surface area contributed by atoms with Gasteiger partial charge in [-0.1, -0.05) is 12.1 Å². The van der Waals surface area contributed by atoms with Gasteiger partial charge in [-0.3, -0.25) is 9.78 Å². The topological polar surface area (TPSA) is 79.8 Å². The van der Waals surface area contributed by atoms with E-state index in [2.05, 4.69) is 32.2 Å². The third kappa shape index (κ3) is 3.88. The highest BCUT2D eigenvalue weighted by Crippen LogP contribution is 2.01. The van der Waals surface area contributed by atoms with Gasteiger partial charge in [0.15, 0.2) is 0 Å². The number of anilines is 1. The van der Waals surface area contributed by atoms with Crippen molar-refractivity contribution in [2.24, 2.45) is 0 Å². The maximum atomic E-state index is 12.0. The maximum Gasteiger partial charge on any atom is 0.270 e. The molecule has 0 aliphatic rings. The van der Waals surface area contributed by atoms with Crippen molar-refractivity contribution < 1.29 is 4.79 Å². The van der Waals surface area contributed by atoms with Crippen LogP contribution >= 0.6 is 0 Å². The van der Waals surface area contributed by atoms with E-state index in [4.69, 9.17) is 0 Å². The number of nitrogens with zero attached hydrogens (tertiary/aromatic N) is 3. The van der Waals surface area contributed by atoms with Crippen LogP contribution < -0.4 is 10.6 Å². The Balaban J connectivity index is 1.96. The normalized spacial score (nSPS) is 9.80. The van der Waals surface area contributed by atoms with E-state index in [0.717, 1.165) is 5.56 Å². The molecule has 102 valence electrons. The van der Waals surface area contributed by atoms with Crippen LogP contribution in [0.25, 0.3) is 0 Å². The largest absolute Gasteiger partial charge is 0.351 e. The monoisotopic (exact) mass is 269 g/mol. The lowest BCUT2D eigenvalue weighted by Gasteiger charge is -2.06. The van der Waals surface area contributed by atoms with Crippen LogP contribution in [0.3, 0.4) is 0 Å². The molecule has 0 aromatic carbocycles. The quantitative estimate of drug-likeness (QED) is 0.775. The van der Waals surface area contributed by atoms with Crippen LogP contribution in [0.5, 0.6) is 0 Å². The molecule has 0 fully saturated rings. The number of amides is 1. The molecule has 6 heteroatoms. The third-order valence-corrected chi connectivity index (χ3v) is 2.47. The Morgan fingerprint density at radius 2 is 2.25 bits per heavy atom. The van der Waals surface area contributed by atoms with Crippen molar-refractivity contribution in [3.05, 3.63) is 60.7 Å². The number of carbonyl (C=O) groups is 1. The smallest absolute Gasteiger partial charge is 0.270 e. The lowest BCUT2D eigenvalue weighted by molar-refractivity contribution is 0.0946. The Labute approximate surface area is 117 Å². The Morgan fingerprint density at radius 3 is 3.00 bits per heavy atom. The van der Waals surface area contributed by atoms with Crippen molar-refractivity contribution in [2.45, 2.75) is 6.54 Å². The molecular weight excluding hydrogens is 254 g/mol. The molecule has 2 N–H and O–H groups in total. The fourth-order valence-corrected chi connectivity index (χ4v) is 1.51. The highest BCUT2D eigenvalue weighted by Gasteiger charge is 2.08. The number of nitrogens with one attached hydrogen (secondary N) is 2.